The number of imidazole rings is 1. The first-order valence-corrected chi connectivity index (χ1v) is 12.5. The van der Waals surface area contributed by atoms with Gasteiger partial charge in [-0.15, -0.1) is 0 Å². The van der Waals surface area contributed by atoms with Crippen LogP contribution in [0.1, 0.15) is 47.4 Å². The van der Waals surface area contributed by atoms with Crippen LogP contribution in [0.25, 0.3) is 27.8 Å². The molecule has 3 aromatic heterocycles. The van der Waals surface area contributed by atoms with Crippen molar-refractivity contribution in [2.24, 2.45) is 0 Å². The summed E-state index contributed by atoms with van der Waals surface area (Å²) in [5.74, 6) is 1.15. The molecule has 4 heterocycles. The molecule has 5 aromatic rings. The number of pyridine rings is 1. The molecule has 7 nitrogen and oxygen atoms in total. The highest BCUT2D eigenvalue weighted by Crippen LogP contribution is 2.30. The predicted octanol–water partition coefficient (Wildman–Crippen LogP) is 5.39. The second kappa shape index (κ2) is 9.07. The lowest BCUT2D eigenvalue weighted by atomic mass is 10.1. The summed E-state index contributed by atoms with van der Waals surface area (Å²) in [5.41, 5.74) is 4.43. The second-order valence-corrected chi connectivity index (χ2v) is 9.39. The molecule has 0 aliphatic carbocycles. The van der Waals surface area contributed by atoms with Gasteiger partial charge in [-0.05, 0) is 49.6 Å². The van der Waals surface area contributed by atoms with E-state index in [1.807, 2.05) is 64.6 Å². The van der Waals surface area contributed by atoms with E-state index in [1.165, 1.54) is 0 Å². The number of nitrogens with zero attached hydrogens (tertiary/aromatic N) is 4. The van der Waals surface area contributed by atoms with Gasteiger partial charge in [0.2, 0.25) is 0 Å². The lowest BCUT2D eigenvalue weighted by molar-refractivity contribution is 0.102. The Labute approximate surface area is 208 Å². The molecule has 0 saturated carbocycles. The Balaban J connectivity index is 1.42. The Morgan fingerprint density at radius 2 is 1.78 bits per heavy atom. The van der Waals surface area contributed by atoms with E-state index in [0.717, 1.165) is 54.7 Å². The third-order valence-electron chi connectivity index (χ3n) is 6.95. The van der Waals surface area contributed by atoms with Gasteiger partial charge in [0.05, 0.1) is 10.9 Å². The Kier molecular flexibility index (Phi) is 5.60. The SMILES string of the molecule is Cc1cccn2c(NC(=O)c3ccc4c(=O)n5c(nc4c3)CCCCCC5)c(-c3ccccc3)nc12. The summed E-state index contributed by atoms with van der Waals surface area (Å²) < 4.78 is 3.72. The molecule has 0 atom stereocenters. The highest BCUT2D eigenvalue weighted by Gasteiger charge is 2.19. The number of rotatable bonds is 3. The zero-order valence-electron chi connectivity index (χ0n) is 20.2. The molecule has 0 saturated heterocycles. The molecule has 0 bridgehead atoms. The lowest BCUT2D eigenvalue weighted by Gasteiger charge is -2.16. The van der Waals surface area contributed by atoms with Crippen LogP contribution in [-0.2, 0) is 13.0 Å². The van der Waals surface area contributed by atoms with Gasteiger partial charge >= 0.3 is 0 Å². The van der Waals surface area contributed by atoms with Crippen LogP contribution in [0.2, 0.25) is 0 Å². The summed E-state index contributed by atoms with van der Waals surface area (Å²) >= 11 is 0. The number of aryl methyl sites for hydroxylation is 2. The first kappa shape index (κ1) is 22.2. The van der Waals surface area contributed by atoms with Crippen molar-refractivity contribution in [1.29, 1.82) is 0 Å². The first-order chi connectivity index (χ1) is 17.6. The van der Waals surface area contributed by atoms with Gasteiger partial charge in [-0.3, -0.25) is 18.6 Å². The topological polar surface area (TPSA) is 81.3 Å². The minimum absolute atomic E-state index is 0.0209. The van der Waals surface area contributed by atoms with E-state index in [4.69, 9.17) is 9.97 Å². The smallest absolute Gasteiger partial charge is 0.261 e. The van der Waals surface area contributed by atoms with Crippen molar-refractivity contribution < 1.29 is 4.79 Å². The number of anilines is 1. The summed E-state index contributed by atoms with van der Waals surface area (Å²) in [6, 6.07) is 18.9. The normalized spacial score (nSPS) is 13.8. The number of fused-ring (bicyclic) bond motifs is 3. The quantitative estimate of drug-likeness (QED) is 0.378. The molecule has 0 spiro atoms. The zero-order chi connectivity index (χ0) is 24.6. The van der Waals surface area contributed by atoms with Gasteiger partial charge < -0.3 is 5.32 Å². The van der Waals surface area contributed by atoms with Crippen LogP contribution in [0, 0.1) is 6.92 Å². The number of hydrogen-bond donors (Lipinski definition) is 1. The fraction of sp³-hybridized carbons (Fsp3) is 0.241. The van der Waals surface area contributed by atoms with Gasteiger partial charge in [-0.1, -0.05) is 49.2 Å². The molecular weight excluding hydrogens is 450 g/mol. The van der Waals surface area contributed by atoms with Crippen molar-refractivity contribution in [3.63, 3.8) is 0 Å². The van der Waals surface area contributed by atoms with Gasteiger partial charge in [-0.2, -0.15) is 0 Å². The van der Waals surface area contributed by atoms with E-state index in [0.29, 0.717) is 34.5 Å². The first-order valence-electron chi connectivity index (χ1n) is 12.5. The zero-order valence-corrected chi connectivity index (χ0v) is 20.2. The number of nitrogens with one attached hydrogen (secondary N) is 1. The van der Waals surface area contributed by atoms with Crippen LogP contribution in [0.5, 0.6) is 0 Å². The highest BCUT2D eigenvalue weighted by molar-refractivity contribution is 6.07. The van der Waals surface area contributed by atoms with Crippen molar-refractivity contribution in [3.05, 3.63) is 94.2 Å². The van der Waals surface area contributed by atoms with Crippen molar-refractivity contribution in [1.82, 2.24) is 18.9 Å². The van der Waals surface area contributed by atoms with E-state index < -0.39 is 0 Å². The Bertz CT molecular complexity index is 1670. The number of aromatic nitrogens is 4. The van der Waals surface area contributed by atoms with Crippen LogP contribution < -0.4 is 10.9 Å². The number of carbonyl (C=O) groups excluding carboxylic acids is 1. The Morgan fingerprint density at radius 3 is 2.64 bits per heavy atom. The van der Waals surface area contributed by atoms with E-state index in [-0.39, 0.29) is 11.5 Å². The molecule has 6 rings (SSSR count). The Hall–Kier alpha value is -4.26. The molecule has 0 unspecified atom stereocenters. The average Bonchev–Trinajstić information content (AvgIpc) is 3.25. The minimum Gasteiger partial charge on any atom is -0.306 e. The summed E-state index contributed by atoms with van der Waals surface area (Å²) in [7, 11) is 0. The summed E-state index contributed by atoms with van der Waals surface area (Å²) in [4.78, 5) is 36.3. The Morgan fingerprint density at radius 1 is 0.944 bits per heavy atom. The summed E-state index contributed by atoms with van der Waals surface area (Å²) in [6.07, 6.45) is 6.98. The molecule has 0 radical (unpaired) electrons. The van der Waals surface area contributed by atoms with Crippen LogP contribution in [0.15, 0.2) is 71.7 Å². The van der Waals surface area contributed by atoms with Crippen molar-refractivity contribution >= 4 is 28.3 Å². The van der Waals surface area contributed by atoms with Crippen molar-refractivity contribution in [3.8, 4) is 11.3 Å². The van der Waals surface area contributed by atoms with Crippen molar-refractivity contribution in [2.75, 3.05) is 5.32 Å². The fourth-order valence-electron chi connectivity index (χ4n) is 5.04. The standard InChI is InChI=1S/C29H27N5O2/c1-19-10-9-17-34-26(19)31-25(20-11-5-4-6-12-20)27(34)32-28(35)21-14-15-22-23(18-21)30-24-13-7-2-3-8-16-33(24)29(22)36/h4-6,9-12,14-15,17-18H,2-3,7-8,13,16H2,1H3,(H,32,35). The van der Waals surface area contributed by atoms with Gasteiger partial charge in [0.25, 0.3) is 11.5 Å². The van der Waals surface area contributed by atoms with E-state index in [1.54, 1.807) is 18.2 Å². The van der Waals surface area contributed by atoms with E-state index in [9.17, 15) is 9.59 Å². The summed E-state index contributed by atoms with van der Waals surface area (Å²) in [6.45, 7) is 2.70. The van der Waals surface area contributed by atoms with Crippen LogP contribution >= 0.6 is 0 Å². The summed E-state index contributed by atoms with van der Waals surface area (Å²) in [5, 5.41) is 3.63. The molecule has 1 amide bonds. The van der Waals surface area contributed by atoms with Gasteiger partial charge in [-0.25, -0.2) is 9.97 Å². The molecule has 1 aliphatic rings. The third-order valence-corrected chi connectivity index (χ3v) is 6.95. The van der Waals surface area contributed by atoms with Gasteiger partial charge in [0.1, 0.15) is 23.0 Å². The number of hydrogen-bond acceptors (Lipinski definition) is 4. The maximum atomic E-state index is 13.5. The molecule has 0 fully saturated rings. The highest BCUT2D eigenvalue weighted by atomic mass is 16.1. The van der Waals surface area contributed by atoms with Crippen LogP contribution in [0.4, 0.5) is 5.82 Å². The number of carbonyl (C=O) groups is 1. The van der Waals surface area contributed by atoms with Gasteiger partial charge in [0.15, 0.2) is 0 Å². The second-order valence-electron chi connectivity index (χ2n) is 9.39. The molecule has 2 aromatic carbocycles. The lowest BCUT2D eigenvalue weighted by Crippen LogP contribution is -2.26. The molecule has 7 heteroatoms. The molecule has 180 valence electrons. The average molecular weight is 478 g/mol. The fourth-order valence-corrected chi connectivity index (χ4v) is 5.04. The van der Waals surface area contributed by atoms with Crippen LogP contribution in [0.3, 0.4) is 0 Å². The van der Waals surface area contributed by atoms with E-state index in [2.05, 4.69) is 5.32 Å². The molecule has 1 N–H and O–H groups in total. The molecule has 36 heavy (non-hydrogen) atoms. The monoisotopic (exact) mass is 477 g/mol. The number of amides is 1. The predicted molar refractivity (Wildman–Crippen MR) is 141 cm³/mol. The third kappa shape index (κ3) is 3.86. The van der Waals surface area contributed by atoms with Gasteiger partial charge in [0, 0.05) is 30.3 Å². The number of benzene rings is 2. The maximum Gasteiger partial charge on any atom is 0.261 e. The minimum atomic E-state index is -0.272. The van der Waals surface area contributed by atoms with Crippen molar-refractivity contribution in [2.45, 2.75) is 45.6 Å². The maximum absolute atomic E-state index is 13.5. The largest absolute Gasteiger partial charge is 0.306 e. The van der Waals surface area contributed by atoms with Crippen LogP contribution in [-0.4, -0.2) is 24.8 Å². The molecule has 1 aliphatic heterocycles. The molecular formula is C29H27N5O2. The van der Waals surface area contributed by atoms with E-state index >= 15 is 0 Å².